The van der Waals surface area contributed by atoms with Gasteiger partial charge in [-0.15, -0.1) is 0 Å². The van der Waals surface area contributed by atoms with Crippen LogP contribution in [0.4, 0.5) is 0 Å². The van der Waals surface area contributed by atoms with Crippen LogP contribution in [0.15, 0.2) is 16.5 Å². The fourth-order valence-electron chi connectivity index (χ4n) is 1.29. The first-order valence-electron chi connectivity index (χ1n) is 5.62. The number of carbonyl (C=O) groups excluding carboxylic acids is 2. The Morgan fingerprint density at radius 1 is 1.33 bits per heavy atom. The zero-order valence-corrected chi connectivity index (χ0v) is 11.4. The van der Waals surface area contributed by atoms with Crippen molar-refractivity contribution in [3.8, 4) is 0 Å². The van der Waals surface area contributed by atoms with Gasteiger partial charge in [0, 0.05) is 18.5 Å². The molecule has 1 aromatic rings. The number of carbonyl (C=O) groups is 2. The van der Waals surface area contributed by atoms with Gasteiger partial charge in [-0.1, -0.05) is 0 Å². The van der Waals surface area contributed by atoms with Gasteiger partial charge in [0.15, 0.2) is 11.0 Å². The van der Waals surface area contributed by atoms with Crippen LogP contribution in [0.25, 0.3) is 0 Å². The summed E-state index contributed by atoms with van der Waals surface area (Å²) >= 11 is 5.55. The van der Waals surface area contributed by atoms with Crippen molar-refractivity contribution in [2.45, 2.75) is 32.7 Å². The number of amides is 2. The van der Waals surface area contributed by atoms with Crippen LogP contribution >= 0.6 is 11.6 Å². The summed E-state index contributed by atoms with van der Waals surface area (Å²) in [6.45, 7) is 5.94. The van der Waals surface area contributed by atoms with Crippen LogP contribution < -0.4 is 10.6 Å². The second-order valence-corrected chi connectivity index (χ2v) is 5.28. The fourth-order valence-corrected chi connectivity index (χ4v) is 1.44. The monoisotopic (exact) mass is 272 g/mol. The van der Waals surface area contributed by atoms with E-state index in [1.807, 2.05) is 20.8 Å². The SMILES string of the molecule is CC(C)(C)NC(=O)CCNC(=O)c1ccc(Cl)o1. The van der Waals surface area contributed by atoms with E-state index in [1.54, 1.807) is 0 Å². The third-order valence-corrected chi connectivity index (χ3v) is 2.15. The highest BCUT2D eigenvalue weighted by atomic mass is 35.5. The summed E-state index contributed by atoms with van der Waals surface area (Å²) in [5.41, 5.74) is -0.268. The van der Waals surface area contributed by atoms with E-state index in [9.17, 15) is 9.59 Å². The maximum absolute atomic E-state index is 11.5. The molecule has 0 bridgehead atoms. The second kappa shape index (κ2) is 5.91. The molecule has 18 heavy (non-hydrogen) atoms. The van der Waals surface area contributed by atoms with Gasteiger partial charge >= 0.3 is 0 Å². The first-order chi connectivity index (χ1) is 8.28. The van der Waals surface area contributed by atoms with Gasteiger partial charge in [0.1, 0.15) is 0 Å². The molecule has 0 radical (unpaired) electrons. The van der Waals surface area contributed by atoms with Crippen LogP contribution in [-0.2, 0) is 4.79 Å². The van der Waals surface area contributed by atoms with Gasteiger partial charge in [0.25, 0.3) is 5.91 Å². The normalized spacial score (nSPS) is 11.1. The van der Waals surface area contributed by atoms with Crippen LogP contribution in [-0.4, -0.2) is 23.9 Å². The molecule has 0 spiro atoms. The van der Waals surface area contributed by atoms with Crippen molar-refractivity contribution in [1.29, 1.82) is 0 Å². The van der Waals surface area contributed by atoms with Gasteiger partial charge in [0.2, 0.25) is 5.91 Å². The minimum Gasteiger partial charge on any atom is -0.440 e. The van der Waals surface area contributed by atoms with Crippen molar-refractivity contribution in [2.75, 3.05) is 6.54 Å². The van der Waals surface area contributed by atoms with Crippen LogP contribution in [0.3, 0.4) is 0 Å². The lowest BCUT2D eigenvalue weighted by atomic mass is 10.1. The highest BCUT2D eigenvalue weighted by Gasteiger charge is 2.14. The predicted molar refractivity (Wildman–Crippen MR) is 68.6 cm³/mol. The molecule has 0 saturated heterocycles. The van der Waals surface area contributed by atoms with E-state index >= 15 is 0 Å². The number of rotatable bonds is 4. The molecule has 0 aromatic carbocycles. The summed E-state index contributed by atoms with van der Waals surface area (Å²) < 4.78 is 4.94. The number of furan rings is 1. The van der Waals surface area contributed by atoms with Gasteiger partial charge < -0.3 is 15.1 Å². The molecular weight excluding hydrogens is 256 g/mol. The smallest absolute Gasteiger partial charge is 0.287 e. The molecule has 6 heteroatoms. The Morgan fingerprint density at radius 2 is 2.00 bits per heavy atom. The maximum atomic E-state index is 11.5. The minimum atomic E-state index is -0.384. The Labute approximate surface area is 111 Å². The lowest BCUT2D eigenvalue weighted by molar-refractivity contribution is -0.122. The fraction of sp³-hybridized carbons (Fsp3) is 0.500. The zero-order chi connectivity index (χ0) is 13.8. The highest BCUT2D eigenvalue weighted by molar-refractivity contribution is 6.29. The summed E-state index contributed by atoms with van der Waals surface area (Å²) in [5, 5.41) is 5.54. The Hall–Kier alpha value is -1.49. The molecule has 0 unspecified atom stereocenters. The van der Waals surface area contributed by atoms with E-state index in [0.717, 1.165) is 0 Å². The molecule has 0 aliphatic carbocycles. The van der Waals surface area contributed by atoms with Crippen molar-refractivity contribution < 1.29 is 14.0 Å². The molecule has 0 saturated carbocycles. The van der Waals surface area contributed by atoms with Gasteiger partial charge in [0.05, 0.1) is 0 Å². The van der Waals surface area contributed by atoms with Crippen molar-refractivity contribution in [2.24, 2.45) is 0 Å². The van der Waals surface area contributed by atoms with Crippen LogP contribution in [0.5, 0.6) is 0 Å². The molecule has 100 valence electrons. The van der Waals surface area contributed by atoms with E-state index in [4.69, 9.17) is 16.0 Å². The van der Waals surface area contributed by atoms with E-state index < -0.39 is 0 Å². The maximum Gasteiger partial charge on any atom is 0.287 e. The number of hydrogen-bond donors (Lipinski definition) is 2. The summed E-state index contributed by atoms with van der Waals surface area (Å²) in [5.74, 6) is -0.359. The van der Waals surface area contributed by atoms with Crippen molar-refractivity contribution >= 4 is 23.4 Å². The molecule has 0 aliphatic heterocycles. The Morgan fingerprint density at radius 3 is 2.50 bits per heavy atom. The standard InChI is InChI=1S/C12H17ClN2O3/c1-12(2,3)15-10(16)6-7-14-11(17)8-4-5-9(13)18-8/h4-5H,6-7H2,1-3H3,(H,14,17)(H,15,16). The molecule has 5 nitrogen and oxygen atoms in total. The Kier molecular flexibility index (Phi) is 4.78. The number of hydrogen-bond acceptors (Lipinski definition) is 3. The van der Waals surface area contributed by atoms with Crippen molar-refractivity contribution in [1.82, 2.24) is 10.6 Å². The number of nitrogens with one attached hydrogen (secondary N) is 2. The van der Waals surface area contributed by atoms with E-state index in [-0.39, 0.29) is 41.3 Å². The third-order valence-electron chi connectivity index (χ3n) is 1.95. The Bertz CT molecular complexity index is 435. The highest BCUT2D eigenvalue weighted by Crippen LogP contribution is 2.12. The van der Waals surface area contributed by atoms with Crippen LogP contribution in [0.2, 0.25) is 5.22 Å². The molecule has 1 aromatic heterocycles. The molecule has 1 heterocycles. The summed E-state index contributed by atoms with van der Waals surface area (Å²) in [4.78, 5) is 23.0. The first-order valence-corrected chi connectivity index (χ1v) is 6.00. The molecular formula is C12H17ClN2O3. The third kappa shape index (κ3) is 5.23. The average molecular weight is 273 g/mol. The van der Waals surface area contributed by atoms with Crippen molar-refractivity contribution in [3.05, 3.63) is 23.1 Å². The van der Waals surface area contributed by atoms with Gasteiger partial charge in [-0.2, -0.15) is 0 Å². The average Bonchev–Trinajstić information content (AvgIpc) is 2.62. The molecule has 0 fully saturated rings. The van der Waals surface area contributed by atoms with Crippen molar-refractivity contribution in [3.63, 3.8) is 0 Å². The summed E-state index contributed by atoms with van der Waals surface area (Å²) in [6, 6.07) is 2.97. The van der Waals surface area contributed by atoms with Gasteiger partial charge in [-0.3, -0.25) is 9.59 Å². The zero-order valence-electron chi connectivity index (χ0n) is 10.7. The quantitative estimate of drug-likeness (QED) is 0.880. The lowest BCUT2D eigenvalue weighted by Crippen LogP contribution is -2.41. The minimum absolute atomic E-state index is 0.111. The summed E-state index contributed by atoms with van der Waals surface area (Å²) in [7, 11) is 0. The summed E-state index contributed by atoms with van der Waals surface area (Å²) in [6.07, 6.45) is 0.220. The molecule has 0 aliphatic rings. The van der Waals surface area contributed by atoms with E-state index in [2.05, 4.69) is 10.6 Å². The lowest BCUT2D eigenvalue weighted by Gasteiger charge is -2.20. The topological polar surface area (TPSA) is 71.3 Å². The first kappa shape index (κ1) is 14.6. The molecule has 0 atom stereocenters. The molecule has 2 amide bonds. The Balaban J connectivity index is 2.30. The van der Waals surface area contributed by atoms with Gasteiger partial charge in [-0.25, -0.2) is 0 Å². The van der Waals surface area contributed by atoms with Crippen LogP contribution in [0, 0.1) is 0 Å². The van der Waals surface area contributed by atoms with E-state index in [1.165, 1.54) is 12.1 Å². The van der Waals surface area contributed by atoms with Crippen LogP contribution in [0.1, 0.15) is 37.7 Å². The molecule has 1 rings (SSSR count). The van der Waals surface area contributed by atoms with Gasteiger partial charge in [-0.05, 0) is 44.5 Å². The predicted octanol–water partition coefficient (Wildman–Crippen LogP) is 1.97. The number of halogens is 1. The second-order valence-electron chi connectivity index (χ2n) is 4.91. The molecule has 2 N–H and O–H groups in total. The largest absolute Gasteiger partial charge is 0.440 e. The van der Waals surface area contributed by atoms with E-state index in [0.29, 0.717) is 0 Å².